The van der Waals surface area contributed by atoms with E-state index in [1.807, 2.05) is 0 Å². The van der Waals surface area contributed by atoms with Crippen LogP contribution in [0.4, 0.5) is 0 Å². The lowest BCUT2D eigenvalue weighted by Crippen LogP contribution is -2.31. The monoisotopic (exact) mass is 450 g/mol. The number of hydrogen-bond donors (Lipinski definition) is 0. The maximum absolute atomic E-state index is 2.51. The first-order valence-electron chi connectivity index (χ1n) is 11.5. The largest absolute Gasteiger partial charge is 0.0763 e. The van der Waals surface area contributed by atoms with Gasteiger partial charge in [-0.15, -0.1) is 0 Å². The molecule has 0 saturated heterocycles. The molecule has 2 unspecified atom stereocenters. The van der Waals surface area contributed by atoms with Gasteiger partial charge < -0.3 is 0 Å². The van der Waals surface area contributed by atoms with Gasteiger partial charge in [-0.3, -0.25) is 0 Å². The maximum Gasteiger partial charge on any atom is 0.00968 e. The Hall–Kier alpha value is -1.22. The van der Waals surface area contributed by atoms with Crippen LogP contribution in [0.3, 0.4) is 0 Å². The maximum atomic E-state index is 2.51. The lowest BCUT2D eigenvalue weighted by molar-refractivity contribution is 0.694. The molecule has 2 atom stereocenters. The van der Waals surface area contributed by atoms with Crippen LogP contribution >= 0.6 is 15.8 Å². The molecule has 0 amide bonds. The summed E-state index contributed by atoms with van der Waals surface area (Å²) in [6.07, 6.45) is 7.30. The molecule has 0 heterocycles. The fourth-order valence-electron chi connectivity index (χ4n) is 5.29. The van der Waals surface area contributed by atoms with E-state index < -0.39 is 7.92 Å². The Balaban J connectivity index is 2.11. The fraction of sp³-hybridized carbons (Fsp3) is 0.448. The minimum absolute atomic E-state index is 0.285. The summed E-state index contributed by atoms with van der Waals surface area (Å²) >= 11 is 0. The molecule has 2 aromatic carbocycles. The fourth-order valence-corrected chi connectivity index (χ4v) is 12.9. The molecular formula is C29H40P2. The summed E-state index contributed by atoms with van der Waals surface area (Å²) in [7, 11) is -0.754. The zero-order valence-corrected chi connectivity index (χ0v) is 22.7. The lowest BCUT2D eigenvalue weighted by atomic mass is 10.1. The van der Waals surface area contributed by atoms with Gasteiger partial charge in [0, 0.05) is 5.92 Å². The SMILES string of the molecule is Cc1ccccc1P(c1ccccc1C)C(C)C1C=CC=C1P(C(C)(C)C)C(C)(C)C. The number of allylic oxidation sites excluding steroid dienone is 4. The summed E-state index contributed by atoms with van der Waals surface area (Å²) < 4.78 is 0. The van der Waals surface area contributed by atoms with Crippen LogP contribution in [-0.2, 0) is 0 Å². The van der Waals surface area contributed by atoms with Crippen molar-refractivity contribution in [1.29, 1.82) is 0 Å². The van der Waals surface area contributed by atoms with Crippen molar-refractivity contribution in [3.63, 3.8) is 0 Å². The van der Waals surface area contributed by atoms with E-state index >= 15 is 0 Å². The highest BCUT2D eigenvalue weighted by Crippen LogP contribution is 2.68. The van der Waals surface area contributed by atoms with E-state index in [1.165, 1.54) is 21.7 Å². The number of benzene rings is 2. The van der Waals surface area contributed by atoms with E-state index in [4.69, 9.17) is 0 Å². The van der Waals surface area contributed by atoms with Crippen molar-refractivity contribution < 1.29 is 0 Å². The van der Waals surface area contributed by atoms with Gasteiger partial charge in [0.15, 0.2) is 0 Å². The van der Waals surface area contributed by atoms with Crippen molar-refractivity contribution in [2.75, 3.05) is 0 Å². The van der Waals surface area contributed by atoms with Crippen molar-refractivity contribution in [2.45, 2.75) is 78.3 Å². The molecule has 0 radical (unpaired) electrons. The molecule has 0 nitrogen and oxygen atoms in total. The molecule has 1 aliphatic carbocycles. The van der Waals surface area contributed by atoms with Crippen molar-refractivity contribution in [2.24, 2.45) is 5.92 Å². The van der Waals surface area contributed by atoms with Gasteiger partial charge in [-0.05, 0) is 64.8 Å². The first-order valence-corrected chi connectivity index (χ1v) is 14.3. The van der Waals surface area contributed by atoms with Gasteiger partial charge in [-0.25, -0.2) is 0 Å². The molecule has 0 N–H and O–H groups in total. The molecular weight excluding hydrogens is 410 g/mol. The molecule has 0 bridgehead atoms. The zero-order valence-electron chi connectivity index (χ0n) is 20.9. The van der Waals surface area contributed by atoms with Crippen LogP contribution in [0.5, 0.6) is 0 Å². The Morgan fingerprint density at radius 1 is 0.742 bits per heavy atom. The highest BCUT2D eigenvalue weighted by atomic mass is 31.1. The zero-order chi connectivity index (χ0) is 23.0. The van der Waals surface area contributed by atoms with Crippen LogP contribution in [0, 0.1) is 19.8 Å². The molecule has 166 valence electrons. The van der Waals surface area contributed by atoms with Crippen LogP contribution in [0.25, 0.3) is 0 Å². The van der Waals surface area contributed by atoms with Gasteiger partial charge in [0.25, 0.3) is 0 Å². The molecule has 31 heavy (non-hydrogen) atoms. The van der Waals surface area contributed by atoms with E-state index in [1.54, 1.807) is 5.31 Å². The van der Waals surface area contributed by atoms with E-state index in [0.717, 1.165) is 0 Å². The van der Waals surface area contributed by atoms with E-state index in [0.29, 0.717) is 11.6 Å². The van der Waals surface area contributed by atoms with Gasteiger partial charge in [-0.2, -0.15) is 0 Å². The van der Waals surface area contributed by atoms with Gasteiger partial charge >= 0.3 is 0 Å². The Bertz CT molecular complexity index is 909. The minimum atomic E-state index is -0.470. The quantitative estimate of drug-likeness (QED) is 0.402. The first kappa shape index (κ1) is 24.4. The third-order valence-electron chi connectivity index (χ3n) is 6.20. The second kappa shape index (κ2) is 9.33. The molecule has 3 rings (SSSR count). The number of hydrogen-bond acceptors (Lipinski definition) is 0. The second-order valence-electron chi connectivity index (χ2n) is 10.9. The third kappa shape index (κ3) is 5.24. The van der Waals surface area contributed by atoms with E-state index in [9.17, 15) is 0 Å². The lowest BCUT2D eigenvalue weighted by Gasteiger charge is -2.46. The minimum Gasteiger partial charge on any atom is -0.0763 e. The average Bonchev–Trinajstić information content (AvgIpc) is 3.11. The highest BCUT2D eigenvalue weighted by Gasteiger charge is 2.42. The molecule has 0 aromatic heterocycles. The number of aryl methyl sites for hydroxylation is 2. The van der Waals surface area contributed by atoms with Gasteiger partial charge in [0.1, 0.15) is 0 Å². The molecule has 0 saturated carbocycles. The van der Waals surface area contributed by atoms with Crippen LogP contribution in [-0.4, -0.2) is 16.0 Å². The topological polar surface area (TPSA) is 0 Å². The predicted octanol–water partition coefficient (Wildman–Crippen LogP) is 8.27. The van der Waals surface area contributed by atoms with E-state index in [2.05, 4.69) is 129 Å². The van der Waals surface area contributed by atoms with Crippen LogP contribution in [0.15, 0.2) is 72.1 Å². The Kier molecular flexibility index (Phi) is 7.35. The summed E-state index contributed by atoms with van der Waals surface area (Å²) in [5.41, 5.74) is 3.40. The summed E-state index contributed by atoms with van der Waals surface area (Å²) in [5.74, 6) is 0.509. The van der Waals surface area contributed by atoms with Crippen molar-refractivity contribution in [3.05, 3.63) is 83.2 Å². The Morgan fingerprint density at radius 3 is 1.61 bits per heavy atom. The average molecular weight is 451 g/mol. The summed E-state index contributed by atoms with van der Waals surface area (Å²) in [4.78, 5) is 0. The highest BCUT2D eigenvalue weighted by molar-refractivity contribution is 7.74. The Morgan fingerprint density at radius 2 is 1.19 bits per heavy atom. The standard InChI is InChI=1S/C29H40P2/c1-21-15-10-12-18-25(21)30(26-19-13-11-16-22(26)2)23(3)24-17-14-20-27(24)31(28(4,5)6)29(7,8)9/h10-20,23-24H,1-9H3. The molecule has 1 aliphatic rings. The van der Waals surface area contributed by atoms with Crippen LogP contribution < -0.4 is 10.6 Å². The number of rotatable bonds is 5. The van der Waals surface area contributed by atoms with Crippen LogP contribution in [0.2, 0.25) is 0 Å². The second-order valence-corrected chi connectivity index (χ2v) is 17.3. The molecule has 0 aliphatic heterocycles. The predicted molar refractivity (Wildman–Crippen MR) is 145 cm³/mol. The first-order chi connectivity index (χ1) is 14.4. The smallest absolute Gasteiger partial charge is 0.00968 e. The van der Waals surface area contributed by atoms with Crippen molar-refractivity contribution in [3.8, 4) is 0 Å². The molecule has 2 aromatic rings. The van der Waals surface area contributed by atoms with Crippen molar-refractivity contribution in [1.82, 2.24) is 0 Å². The van der Waals surface area contributed by atoms with Gasteiger partial charge in [0.2, 0.25) is 0 Å². The van der Waals surface area contributed by atoms with Gasteiger partial charge in [-0.1, -0.05) is 123 Å². The van der Waals surface area contributed by atoms with E-state index in [-0.39, 0.29) is 18.2 Å². The Labute approximate surface area is 193 Å². The third-order valence-corrected chi connectivity index (χ3v) is 13.0. The summed E-state index contributed by atoms with van der Waals surface area (Å²) in [6.45, 7) is 21.7. The van der Waals surface area contributed by atoms with Crippen molar-refractivity contribution >= 4 is 26.5 Å². The summed E-state index contributed by atoms with van der Waals surface area (Å²) in [5, 5.41) is 5.34. The molecule has 0 spiro atoms. The van der Waals surface area contributed by atoms with Crippen LogP contribution in [0.1, 0.15) is 59.6 Å². The summed E-state index contributed by atoms with van der Waals surface area (Å²) in [6, 6.07) is 18.1. The normalized spacial score (nSPS) is 18.0. The molecule has 0 fully saturated rings. The molecule has 2 heteroatoms. The van der Waals surface area contributed by atoms with Gasteiger partial charge in [0.05, 0.1) is 0 Å².